The van der Waals surface area contributed by atoms with E-state index in [1.807, 2.05) is 0 Å². The molecule has 1 aromatic carbocycles. The second kappa shape index (κ2) is 1.98. The van der Waals surface area contributed by atoms with Crippen molar-refractivity contribution < 1.29 is 0 Å². The van der Waals surface area contributed by atoms with E-state index < -0.39 is 0 Å². The summed E-state index contributed by atoms with van der Waals surface area (Å²) < 4.78 is 0. The van der Waals surface area contributed by atoms with Gasteiger partial charge in [0.05, 0.1) is 0 Å². The highest BCUT2D eigenvalue weighted by molar-refractivity contribution is 5.98. The van der Waals surface area contributed by atoms with Gasteiger partial charge in [0, 0.05) is 0 Å². The maximum atomic E-state index is 2.20. The molecule has 10 heavy (non-hydrogen) atoms. The molecule has 0 bridgehead atoms. The quantitative estimate of drug-likeness (QED) is 0.547. The molecule has 0 N–H and O–H groups in total. The number of fused-ring (bicyclic) bond motifs is 1. The lowest BCUT2D eigenvalue weighted by atomic mass is 9.87. The van der Waals surface area contributed by atoms with Gasteiger partial charge in [-0.3, -0.25) is 0 Å². The van der Waals surface area contributed by atoms with E-state index >= 15 is 0 Å². The van der Waals surface area contributed by atoms with E-state index in [9.17, 15) is 0 Å². The minimum atomic E-state index is 1.37. The fraction of sp³-hybridized carbons (Fsp3) is 0.100. The van der Waals surface area contributed by atoms with Crippen molar-refractivity contribution in [3.8, 4) is 0 Å². The van der Waals surface area contributed by atoms with Crippen LogP contribution in [0.1, 0.15) is 18.1 Å². The third-order valence-corrected chi connectivity index (χ3v) is 1.89. The number of hydrogen-bond acceptors (Lipinski definition) is 0. The summed E-state index contributed by atoms with van der Waals surface area (Å²) in [5, 5.41) is 0. The van der Waals surface area contributed by atoms with Crippen LogP contribution in [0.4, 0.5) is 0 Å². The van der Waals surface area contributed by atoms with Crippen LogP contribution in [0.5, 0.6) is 0 Å². The van der Waals surface area contributed by atoms with Crippen molar-refractivity contribution >= 4 is 11.6 Å². The van der Waals surface area contributed by atoms with E-state index in [4.69, 9.17) is 0 Å². The molecular formula is C10H9. The van der Waals surface area contributed by atoms with Crippen LogP contribution in [0.2, 0.25) is 0 Å². The fourth-order valence-corrected chi connectivity index (χ4v) is 1.29. The first-order valence-corrected chi connectivity index (χ1v) is 3.52. The maximum Gasteiger partial charge on any atom is -0.0118 e. The predicted molar refractivity (Wildman–Crippen MR) is 44.3 cm³/mol. The molecule has 1 aromatic rings. The summed E-state index contributed by atoms with van der Waals surface area (Å²) in [6.07, 6.45) is 4.34. The molecule has 0 spiro atoms. The first kappa shape index (κ1) is 5.72. The lowest BCUT2D eigenvalue weighted by Crippen LogP contribution is -1.96. The van der Waals surface area contributed by atoms with Gasteiger partial charge in [-0.15, -0.1) is 0 Å². The molecule has 0 heterocycles. The molecule has 0 aromatic heterocycles. The van der Waals surface area contributed by atoms with Gasteiger partial charge in [0.2, 0.25) is 0 Å². The zero-order chi connectivity index (χ0) is 6.97. The molecular weight excluding hydrogens is 120 g/mol. The van der Waals surface area contributed by atoms with E-state index in [-0.39, 0.29) is 0 Å². The van der Waals surface area contributed by atoms with Crippen LogP contribution in [-0.2, 0) is 0 Å². The molecule has 49 valence electrons. The molecule has 0 fully saturated rings. The second-order valence-corrected chi connectivity index (χ2v) is 2.48. The lowest BCUT2D eigenvalue weighted by Gasteiger charge is -2.17. The standard InChI is InChI=1S/C10H9/c1-2-8-7-9-5-3-4-6-10(8)9/h2-7H,1H3. The topological polar surface area (TPSA) is 0 Å². The zero-order valence-corrected chi connectivity index (χ0v) is 5.96. The Labute approximate surface area is 61.2 Å². The number of hydrogen-bond donors (Lipinski definition) is 0. The monoisotopic (exact) mass is 129 g/mol. The van der Waals surface area contributed by atoms with Gasteiger partial charge in [0.1, 0.15) is 0 Å². The van der Waals surface area contributed by atoms with Crippen molar-refractivity contribution in [2.24, 2.45) is 0 Å². The van der Waals surface area contributed by atoms with Crippen molar-refractivity contribution in [1.29, 1.82) is 0 Å². The highest BCUT2D eigenvalue weighted by Crippen LogP contribution is 2.33. The molecule has 2 rings (SSSR count). The summed E-state index contributed by atoms with van der Waals surface area (Å²) in [6.45, 7) is 2.07. The van der Waals surface area contributed by atoms with Crippen molar-refractivity contribution in [1.82, 2.24) is 0 Å². The van der Waals surface area contributed by atoms with E-state index in [1.54, 1.807) is 0 Å². The molecule has 0 saturated carbocycles. The molecule has 1 aliphatic rings. The minimum Gasteiger partial charge on any atom is -0.0616 e. The molecule has 0 atom stereocenters. The zero-order valence-electron chi connectivity index (χ0n) is 5.96. The Balaban J connectivity index is 2.43. The van der Waals surface area contributed by atoms with Gasteiger partial charge in [-0.25, -0.2) is 0 Å². The molecule has 0 amide bonds. The third kappa shape index (κ3) is 0.621. The summed E-state index contributed by atoms with van der Waals surface area (Å²) in [7, 11) is 0. The minimum absolute atomic E-state index is 1.37. The van der Waals surface area contributed by atoms with Crippen molar-refractivity contribution in [2.75, 3.05) is 0 Å². The number of benzene rings is 1. The van der Waals surface area contributed by atoms with Crippen molar-refractivity contribution in [3.05, 3.63) is 41.8 Å². The summed E-state index contributed by atoms with van der Waals surface area (Å²) in [4.78, 5) is 0. The Morgan fingerprint density at radius 1 is 1.20 bits per heavy atom. The van der Waals surface area contributed by atoms with Crippen LogP contribution < -0.4 is 0 Å². The molecule has 1 aliphatic carbocycles. The van der Waals surface area contributed by atoms with Crippen LogP contribution >= 0.6 is 0 Å². The average molecular weight is 129 g/mol. The van der Waals surface area contributed by atoms with E-state index in [0.29, 0.717) is 0 Å². The molecule has 0 nitrogen and oxygen atoms in total. The van der Waals surface area contributed by atoms with Gasteiger partial charge < -0.3 is 0 Å². The number of allylic oxidation sites excluding steroid dienone is 1. The Bertz CT molecular complexity index is 282. The Hall–Kier alpha value is -1.04. The first-order valence-electron chi connectivity index (χ1n) is 3.52. The molecule has 0 aliphatic heterocycles. The van der Waals surface area contributed by atoms with Crippen LogP contribution in [0.25, 0.3) is 11.6 Å². The third-order valence-electron chi connectivity index (χ3n) is 1.89. The molecule has 0 unspecified atom stereocenters. The number of rotatable bonds is 1. The predicted octanol–water partition coefficient (Wildman–Crippen LogP) is 2.76. The van der Waals surface area contributed by atoms with Gasteiger partial charge >= 0.3 is 0 Å². The molecule has 0 heteroatoms. The van der Waals surface area contributed by atoms with Gasteiger partial charge in [-0.2, -0.15) is 0 Å². The van der Waals surface area contributed by atoms with Crippen LogP contribution in [0.3, 0.4) is 0 Å². The normalized spacial score (nSPS) is 13.5. The van der Waals surface area contributed by atoms with Crippen molar-refractivity contribution in [2.45, 2.75) is 6.92 Å². The second-order valence-electron chi connectivity index (χ2n) is 2.48. The van der Waals surface area contributed by atoms with Crippen LogP contribution in [0.15, 0.2) is 24.3 Å². The van der Waals surface area contributed by atoms with E-state index in [0.717, 1.165) is 0 Å². The highest BCUT2D eigenvalue weighted by Gasteiger charge is 2.11. The van der Waals surface area contributed by atoms with E-state index in [2.05, 4.69) is 43.7 Å². The average Bonchev–Trinajstić information content (AvgIpc) is 1.92. The Morgan fingerprint density at radius 2 is 2.00 bits per heavy atom. The van der Waals surface area contributed by atoms with Crippen molar-refractivity contribution in [3.63, 3.8) is 0 Å². The fourth-order valence-electron chi connectivity index (χ4n) is 1.29. The first-order chi connectivity index (χ1) is 4.92. The van der Waals surface area contributed by atoms with Crippen LogP contribution in [-0.4, -0.2) is 0 Å². The Kier molecular flexibility index (Phi) is 1.13. The van der Waals surface area contributed by atoms with Gasteiger partial charge in [0.15, 0.2) is 0 Å². The largest absolute Gasteiger partial charge is 0.0616 e. The highest BCUT2D eigenvalue weighted by atomic mass is 14.2. The lowest BCUT2D eigenvalue weighted by molar-refractivity contribution is 1.46. The molecule has 0 saturated heterocycles. The Morgan fingerprint density at radius 3 is 2.70 bits per heavy atom. The molecule has 1 radical (unpaired) electrons. The van der Waals surface area contributed by atoms with Crippen LogP contribution in [0, 0.1) is 6.42 Å². The smallest absolute Gasteiger partial charge is 0.0118 e. The summed E-state index contributed by atoms with van der Waals surface area (Å²) >= 11 is 0. The summed E-state index contributed by atoms with van der Waals surface area (Å²) in [5.41, 5.74) is 4.14. The summed E-state index contributed by atoms with van der Waals surface area (Å²) in [5.74, 6) is 0. The van der Waals surface area contributed by atoms with Gasteiger partial charge in [0.25, 0.3) is 0 Å². The summed E-state index contributed by atoms with van der Waals surface area (Å²) in [6, 6.07) is 8.45. The van der Waals surface area contributed by atoms with Gasteiger partial charge in [-0.1, -0.05) is 37.3 Å². The maximum absolute atomic E-state index is 2.20. The van der Waals surface area contributed by atoms with Gasteiger partial charge in [-0.05, 0) is 23.1 Å². The SMILES string of the molecule is C[CH]C1=Cc2ccccc21. The van der Waals surface area contributed by atoms with E-state index in [1.165, 1.54) is 16.7 Å².